The van der Waals surface area contributed by atoms with Gasteiger partial charge in [0.05, 0.1) is 0 Å². The molecule has 0 fully saturated rings. The fraction of sp³-hybridized carbons (Fsp3) is 0.429. The second-order valence-corrected chi connectivity index (χ2v) is 4.31. The first kappa shape index (κ1) is 12.9. The van der Waals surface area contributed by atoms with E-state index in [-0.39, 0.29) is 0 Å². The minimum Gasteiger partial charge on any atom is -0.329 e. The van der Waals surface area contributed by atoms with Gasteiger partial charge in [0.15, 0.2) is 0 Å². The molecule has 88 valence electrons. The van der Waals surface area contributed by atoms with E-state index >= 15 is 0 Å². The molecule has 16 heavy (non-hydrogen) atoms. The zero-order valence-electron chi connectivity index (χ0n) is 10.2. The predicted molar refractivity (Wildman–Crippen MR) is 71.1 cm³/mol. The summed E-state index contributed by atoms with van der Waals surface area (Å²) in [5, 5.41) is 3.28. The summed E-state index contributed by atoms with van der Waals surface area (Å²) >= 11 is 0. The lowest BCUT2D eigenvalue weighted by Gasteiger charge is -2.03. The van der Waals surface area contributed by atoms with Crippen molar-refractivity contribution in [3.63, 3.8) is 0 Å². The summed E-state index contributed by atoms with van der Waals surface area (Å²) in [5.41, 5.74) is 7.97. The van der Waals surface area contributed by atoms with Gasteiger partial charge in [-0.15, -0.1) is 0 Å². The summed E-state index contributed by atoms with van der Waals surface area (Å²) in [6, 6.07) is 8.61. The van der Waals surface area contributed by atoms with Gasteiger partial charge >= 0.3 is 0 Å². The van der Waals surface area contributed by atoms with Crippen molar-refractivity contribution >= 4 is 6.08 Å². The van der Waals surface area contributed by atoms with E-state index in [9.17, 15) is 0 Å². The number of hydrogen-bond acceptors (Lipinski definition) is 2. The Morgan fingerprint density at radius 2 is 1.94 bits per heavy atom. The van der Waals surface area contributed by atoms with Crippen LogP contribution < -0.4 is 11.1 Å². The third kappa shape index (κ3) is 5.10. The Bertz CT molecular complexity index is 312. The molecular formula is C14H22N2. The smallest absolute Gasteiger partial charge is 0.0206 e. The normalized spacial score (nSPS) is 11.5. The molecular weight excluding hydrogens is 196 g/mol. The molecule has 1 aromatic carbocycles. The van der Waals surface area contributed by atoms with Crippen LogP contribution in [0.5, 0.6) is 0 Å². The van der Waals surface area contributed by atoms with Gasteiger partial charge in [-0.05, 0) is 17.0 Å². The van der Waals surface area contributed by atoms with Gasteiger partial charge in [0.25, 0.3) is 0 Å². The average Bonchev–Trinajstić information content (AvgIpc) is 2.28. The number of hydrogen-bond donors (Lipinski definition) is 2. The van der Waals surface area contributed by atoms with Gasteiger partial charge in [0.2, 0.25) is 0 Å². The molecule has 0 aliphatic carbocycles. The summed E-state index contributed by atoms with van der Waals surface area (Å²) in [6.07, 6.45) is 4.38. The van der Waals surface area contributed by atoms with Crippen molar-refractivity contribution in [2.75, 3.05) is 13.1 Å². The predicted octanol–water partition coefficient (Wildman–Crippen LogP) is 2.40. The third-order valence-corrected chi connectivity index (χ3v) is 2.30. The summed E-state index contributed by atoms with van der Waals surface area (Å²) in [7, 11) is 0. The van der Waals surface area contributed by atoms with Crippen LogP contribution in [-0.4, -0.2) is 13.1 Å². The lowest BCUT2D eigenvalue weighted by atomic mass is 10.1. The summed E-state index contributed by atoms with van der Waals surface area (Å²) in [5.74, 6) is 0.603. The molecule has 0 spiro atoms. The molecule has 0 saturated heterocycles. The fourth-order valence-corrected chi connectivity index (χ4v) is 1.38. The number of benzene rings is 1. The van der Waals surface area contributed by atoms with Crippen LogP contribution in [0.25, 0.3) is 6.08 Å². The Hall–Kier alpha value is -1.12. The summed E-state index contributed by atoms with van der Waals surface area (Å²) in [6.45, 7) is 6.82. The molecule has 1 aromatic rings. The molecule has 0 bridgehead atoms. The van der Waals surface area contributed by atoms with Gasteiger partial charge in [0, 0.05) is 19.6 Å². The first-order valence-electron chi connectivity index (χ1n) is 5.90. The van der Waals surface area contributed by atoms with Gasteiger partial charge in [0.1, 0.15) is 0 Å². The van der Waals surface area contributed by atoms with E-state index in [1.165, 1.54) is 11.1 Å². The molecule has 2 heteroatoms. The molecule has 0 amide bonds. The van der Waals surface area contributed by atoms with E-state index in [1.54, 1.807) is 0 Å². The molecule has 1 rings (SSSR count). The van der Waals surface area contributed by atoms with Crippen LogP contribution in [0.3, 0.4) is 0 Å². The molecule has 0 aliphatic heterocycles. The highest BCUT2D eigenvalue weighted by Crippen LogP contribution is 2.07. The molecule has 0 unspecified atom stereocenters. The van der Waals surface area contributed by atoms with Crippen molar-refractivity contribution in [3.05, 3.63) is 41.5 Å². The van der Waals surface area contributed by atoms with Crippen molar-refractivity contribution in [3.8, 4) is 0 Å². The van der Waals surface area contributed by atoms with Crippen LogP contribution in [0.2, 0.25) is 0 Å². The van der Waals surface area contributed by atoms with Crippen LogP contribution in [0, 0.1) is 5.92 Å². The molecule has 0 atom stereocenters. The van der Waals surface area contributed by atoms with E-state index in [4.69, 9.17) is 5.73 Å². The average molecular weight is 218 g/mol. The van der Waals surface area contributed by atoms with E-state index < -0.39 is 0 Å². The highest BCUT2D eigenvalue weighted by molar-refractivity contribution is 5.49. The molecule has 0 aliphatic rings. The standard InChI is InChI=1S/C14H22N2/c1-12(2)3-4-13-5-7-14(8-6-13)11-16-10-9-15/h3-8,12,16H,9-11,15H2,1-2H3/b4-3+. The highest BCUT2D eigenvalue weighted by atomic mass is 14.9. The maximum Gasteiger partial charge on any atom is 0.0206 e. The van der Waals surface area contributed by atoms with Crippen LogP contribution in [0.15, 0.2) is 30.3 Å². The molecule has 0 saturated carbocycles. The zero-order chi connectivity index (χ0) is 11.8. The highest BCUT2D eigenvalue weighted by Gasteiger charge is 1.92. The van der Waals surface area contributed by atoms with Gasteiger partial charge in [-0.2, -0.15) is 0 Å². The third-order valence-electron chi connectivity index (χ3n) is 2.30. The molecule has 2 nitrogen and oxygen atoms in total. The summed E-state index contributed by atoms with van der Waals surface area (Å²) in [4.78, 5) is 0. The maximum absolute atomic E-state index is 5.41. The van der Waals surface area contributed by atoms with E-state index in [1.807, 2.05) is 0 Å². The Kier molecular flexibility index (Phi) is 5.83. The number of nitrogens with one attached hydrogen (secondary N) is 1. The van der Waals surface area contributed by atoms with Crippen LogP contribution in [0.4, 0.5) is 0 Å². The van der Waals surface area contributed by atoms with Crippen molar-refractivity contribution in [1.82, 2.24) is 5.32 Å². The second kappa shape index (κ2) is 7.20. The monoisotopic (exact) mass is 218 g/mol. The molecule has 0 aromatic heterocycles. The van der Waals surface area contributed by atoms with Gasteiger partial charge in [-0.1, -0.05) is 50.3 Å². The second-order valence-electron chi connectivity index (χ2n) is 4.31. The van der Waals surface area contributed by atoms with Gasteiger partial charge < -0.3 is 11.1 Å². The van der Waals surface area contributed by atoms with E-state index in [0.717, 1.165) is 13.1 Å². The van der Waals surface area contributed by atoms with E-state index in [0.29, 0.717) is 12.5 Å². The van der Waals surface area contributed by atoms with Gasteiger partial charge in [-0.3, -0.25) is 0 Å². The topological polar surface area (TPSA) is 38.0 Å². The van der Waals surface area contributed by atoms with Crippen molar-refractivity contribution in [1.29, 1.82) is 0 Å². The van der Waals surface area contributed by atoms with Crippen LogP contribution >= 0.6 is 0 Å². The van der Waals surface area contributed by atoms with Gasteiger partial charge in [-0.25, -0.2) is 0 Å². The van der Waals surface area contributed by atoms with Crippen molar-refractivity contribution in [2.24, 2.45) is 11.7 Å². The number of allylic oxidation sites excluding steroid dienone is 1. The number of nitrogens with two attached hydrogens (primary N) is 1. The Morgan fingerprint density at radius 1 is 1.25 bits per heavy atom. The van der Waals surface area contributed by atoms with Crippen molar-refractivity contribution < 1.29 is 0 Å². The zero-order valence-corrected chi connectivity index (χ0v) is 10.2. The maximum atomic E-state index is 5.41. The first-order valence-corrected chi connectivity index (χ1v) is 5.90. The minimum absolute atomic E-state index is 0.603. The van der Waals surface area contributed by atoms with E-state index in [2.05, 4.69) is 55.6 Å². The lowest BCUT2D eigenvalue weighted by molar-refractivity contribution is 0.695. The SMILES string of the molecule is CC(C)/C=C/c1ccc(CNCCN)cc1. The quantitative estimate of drug-likeness (QED) is 0.720. The number of rotatable bonds is 6. The summed E-state index contributed by atoms with van der Waals surface area (Å²) < 4.78 is 0. The van der Waals surface area contributed by atoms with Crippen LogP contribution in [0.1, 0.15) is 25.0 Å². The molecule has 0 radical (unpaired) electrons. The van der Waals surface area contributed by atoms with Crippen LogP contribution in [-0.2, 0) is 6.54 Å². The fourth-order valence-electron chi connectivity index (χ4n) is 1.38. The Labute approximate surface area is 98.6 Å². The lowest BCUT2D eigenvalue weighted by Crippen LogP contribution is -2.21. The minimum atomic E-state index is 0.603. The Morgan fingerprint density at radius 3 is 2.50 bits per heavy atom. The van der Waals surface area contributed by atoms with Crippen molar-refractivity contribution in [2.45, 2.75) is 20.4 Å². The molecule has 0 heterocycles. The first-order chi connectivity index (χ1) is 7.72. The molecule has 3 N–H and O–H groups in total. The Balaban J connectivity index is 2.47. The largest absolute Gasteiger partial charge is 0.329 e.